The van der Waals surface area contributed by atoms with Crippen molar-refractivity contribution >= 4 is 35.0 Å². The van der Waals surface area contributed by atoms with Crippen molar-refractivity contribution < 1.29 is 14.3 Å². The Balaban J connectivity index is 1.61. The number of nitrogen functional groups attached to an aromatic ring is 1. The van der Waals surface area contributed by atoms with E-state index in [9.17, 15) is 4.79 Å². The molecule has 1 aromatic heterocycles. The van der Waals surface area contributed by atoms with Crippen molar-refractivity contribution in [3.05, 3.63) is 40.5 Å². The third kappa shape index (κ3) is 4.83. The molecule has 1 atom stereocenters. The Morgan fingerprint density at radius 2 is 2.10 bits per heavy atom. The molecular weight excluding hydrogens is 406 g/mol. The van der Waals surface area contributed by atoms with E-state index in [-0.39, 0.29) is 17.9 Å². The normalized spacial score (nSPS) is 19.8. The summed E-state index contributed by atoms with van der Waals surface area (Å²) in [5.41, 5.74) is 8.27. The summed E-state index contributed by atoms with van der Waals surface area (Å²) >= 11 is 6.58. The average molecular weight is 432 g/mol. The van der Waals surface area contributed by atoms with Gasteiger partial charge in [-0.25, -0.2) is 4.98 Å². The van der Waals surface area contributed by atoms with Crippen LogP contribution >= 0.6 is 11.6 Å². The van der Waals surface area contributed by atoms with Crippen molar-refractivity contribution in [2.24, 2.45) is 5.92 Å². The molecule has 2 aliphatic rings. The van der Waals surface area contributed by atoms with E-state index in [0.29, 0.717) is 49.5 Å². The third-order valence-corrected chi connectivity index (χ3v) is 5.66. The fourth-order valence-electron chi connectivity index (χ4n) is 3.78. The number of benzene rings is 1. The van der Waals surface area contributed by atoms with Crippen molar-refractivity contribution in [1.29, 1.82) is 0 Å². The maximum Gasteiger partial charge on any atom is 0.224 e. The highest BCUT2D eigenvalue weighted by Crippen LogP contribution is 2.34. The Morgan fingerprint density at radius 3 is 2.83 bits per heavy atom. The van der Waals surface area contributed by atoms with Crippen LogP contribution in [0.4, 0.5) is 17.5 Å². The van der Waals surface area contributed by atoms with Crippen LogP contribution in [0.3, 0.4) is 0 Å². The first-order chi connectivity index (χ1) is 14.5. The molecule has 3 heterocycles. The number of rotatable bonds is 5. The molecule has 0 unspecified atom stereocenters. The van der Waals surface area contributed by atoms with E-state index >= 15 is 0 Å². The first kappa shape index (κ1) is 20.8. The number of hydrogen-bond donors (Lipinski definition) is 2. The van der Waals surface area contributed by atoms with Gasteiger partial charge in [-0.2, -0.15) is 4.98 Å². The molecule has 1 aromatic carbocycles. The zero-order valence-electron chi connectivity index (χ0n) is 16.9. The number of halogens is 1. The second kappa shape index (κ2) is 9.16. The number of hydrogen-bond acceptors (Lipinski definition) is 7. The van der Waals surface area contributed by atoms with E-state index in [4.69, 9.17) is 26.8 Å². The Kier molecular flexibility index (Phi) is 6.36. The number of nitrogens with one attached hydrogen (secondary N) is 1. The van der Waals surface area contributed by atoms with Gasteiger partial charge in [0.05, 0.1) is 25.9 Å². The molecule has 8 nitrogen and oxygen atoms in total. The third-order valence-electron chi connectivity index (χ3n) is 5.31. The van der Waals surface area contributed by atoms with Gasteiger partial charge in [-0.05, 0) is 37.1 Å². The van der Waals surface area contributed by atoms with Crippen molar-refractivity contribution in [2.45, 2.75) is 25.8 Å². The van der Waals surface area contributed by atoms with Crippen LogP contribution in [0.2, 0.25) is 5.02 Å². The molecule has 0 aliphatic carbocycles. The van der Waals surface area contributed by atoms with Gasteiger partial charge in [0.1, 0.15) is 5.82 Å². The lowest BCUT2D eigenvalue weighted by atomic mass is 10.0. The van der Waals surface area contributed by atoms with Gasteiger partial charge in [0, 0.05) is 48.0 Å². The van der Waals surface area contributed by atoms with Crippen molar-refractivity contribution in [3.8, 4) is 0 Å². The van der Waals surface area contributed by atoms with Gasteiger partial charge in [0.25, 0.3) is 0 Å². The minimum atomic E-state index is -0.161. The molecule has 0 saturated carbocycles. The number of carbonyl (C=O) groups excluding carboxylic acids is 1. The highest BCUT2D eigenvalue weighted by Gasteiger charge is 2.28. The molecule has 2 aromatic rings. The summed E-state index contributed by atoms with van der Waals surface area (Å²) in [7, 11) is 0. The van der Waals surface area contributed by atoms with Crippen LogP contribution in [0.5, 0.6) is 0 Å². The lowest BCUT2D eigenvalue weighted by Gasteiger charge is -2.31. The van der Waals surface area contributed by atoms with Gasteiger partial charge < -0.3 is 25.4 Å². The fourth-order valence-corrected chi connectivity index (χ4v) is 4.03. The summed E-state index contributed by atoms with van der Waals surface area (Å²) in [6.45, 7) is 5.05. The van der Waals surface area contributed by atoms with Crippen LogP contribution in [-0.4, -0.2) is 48.8 Å². The summed E-state index contributed by atoms with van der Waals surface area (Å²) in [4.78, 5) is 23.1. The number of aromatic nitrogens is 2. The predicted octanol–water partition coefficient (Wildman–Crippen LogP) is 2.96. The Morgan fingerprint density at radius 1 is 1.27 bits per heavy atom. The largest absolute Gasteiger partial charge is 0.381 e. The van der Waals surface area contributed by atoms with Gasteiger partial charge in [-0.3, -0.25) is 4.79 Å². The maximum absolute atomic E-state index is 12.3. The zero-order chi connectivity index (χ0) is 21.1. The molecule has 2 fully saturated rings. The summed E-state index contributed by atoms with van der Waals surface area (Å²) < 4.78 is 11.0. The minimum Gasteiger partial charge on any atom is -0.381 e. The molecule has 2 aliphatic heterocycles. The van der Waals surface area contributed by atoms with Crippen LogP contribution in [0.25, 0.3) is 0 Å². The van der Waals surface area contributed by atoms with E-state index in [1.54, 1.807) is 0 Å². The molecule has 4 rings (SSSR count). The fraction of sp³-hybridized carbons (Fsp3) is 0.476. The molecule has 2 saturated heterocycles. The Hall–Kier alpha value is -2.42. The van der Waals surface area contributed by atoms with Crippen LogP contribution in [-0.2, 0) is 14.3 Å². The number of anilines is 3. The second-order valence-corrected chi connectivity index (χ2v) is 8.16. The standard InChI is InChI=1S/C21H26ClN5O3/c1-13-7-19(26-21(23)24-13)27-5-2-6-29-12-18(27)16-9-15(3-4-17(16)22)25-20(28)8-14-10-30-11-14/h3-4,7,9,14,18H,2,5-6,8,10-12H2,1H3,(H,25,28)(H2,23,24,26)/t18-/m0/s1. The van der Waals surface area contributed by atoms with Gasteiger partial charge in [-0.15, -0.1) is 0 Å². The molecule has 3 N–H and O–H groups in total. The molecule has 1 amide bonds. The van der Waals surface area contributed by atoms with Gasteiger partial charge >= 0.3 is 0 Å². The van der Waals surface area contributed by atoms with Crippen LogP contribution in [0.1, 0.15) is 30.1 Å². The molecular formula is C21H26ClN5O3. The van der Waals surface area contributed by atoms with Gasteiger partial charge in [0.15, 0.2) is 0 Å². The molecule has 30 heavy (non-hydrogen) atoms. The van der Waals surface area contributed by atoms with Crippen LogP contribution < -0.4 is 16.0 Å². The Bertz CT molecular complexity index is 901. The molecule has 0 spiro atoms. The lowest BCUT2D eigenvalue weighted by Crippen LogP contribution is -2.32. The highest BCUT2D eigenvalue weighted by atomic mass is 35.5. The molecule has 9 heteroatoms. The van der Waals surface area contributed by atoms with E-state index in [0.717, 1.165) is 30.0 Å². The number of ether oxygens (including phenoxy) is 2. The van der Waals surface area contributed by atoms with Crippen LogP contribution in [0, 0.1) is 12.8 Å². The smallest absolute Gasteiger partial charge is 0.224 e. The second-order valence-electron chi connectivity index (χ2n) is 7.76. The van der Waals surface area contributed by atoms with E-state index < -0.39 is 0 Å². The topological polar surface area (TPSA) is 103 Å². The number of aryl methyl sites for hydroxylation is 1. The highest BCUT2D eigenvalue weighted by molar-refractivity contribution is 6.31. The van der Waals surface area contributed by atoms with Crippen molar-refractivity contribution in [3.63, 3.8) is 0 Å². The number of carbonyl (C=O) groups is 1. The summed E-state index contributed by atoms with van der Waals surface area (Å²) in [5, 5.41) is 3.59. The molecule has 160 valence electrons. The van der Waals surface area contributed by atoms with E-state index in [1.807, 2.05) is 31.2 Å². The lowest BCUT2D eigenvalue weighted by molar-refractivity contribution is -0.121. The molecule has 0 radical (unpaired) electrons. The maximum atomic E-state index is 12.3. The summed E-state index contributed by atoms with van der Waals surface area (Å²) in [6, 6.07) is 7.29. The van der Waals surface area contributed by atoms with Crippen molar-refractivity contribution in [2.75, 3.05) is 48.9 Å². The molecule has 0 bridgehead atoms. The number of amides is 1. The average Bonchev–Trinajstić information content (AvgIpc) is 2.91. The zero-order valence-corrected chi connectivity index (χ0v) is 17.7. The summed E-state index contributed by atoms with van der Waals surface area (Å²) in [5.74, 6) is 1.26. The monoisotopic (exact) mass is 431 g/mol. The van der Waals surface area contributed by atoms with Crippen molar-refractivity contribution in [1.82, 2.24) is 9.97 Å². The number of nitrogens with two attached hydrogens (primary N) is 1. The quantitative estimate of drug-likeness (QED) is 0.750. The summed E-state index contributed by atoms with van der Waals surface area (Å²) in [6.07, 6.45) is 1.31. The van der Waals surface area contributed by atoms with Gasteiger partial charge in [0.2, 0.25) is 11.9 Å². The van der Waals surface area contributed by atoms with Crippen LogP contribution in [0.15, 0.2) is 24.3 Å². The van der Waals surface area contributed by atoms with Gasteiger partial charge in [-0.1, -0.05) is 11.6 Å². The van der Waals surface area contributed by atoms with E-state index in [1.165, 1.54) is 0 Å². The predicted molar refractivity (Wildman–Crippen MR) is 116 cm³/mol. The van der Waals surface area contributed by atoms with E-state index in [2.05, 4.69) is 20.2 Å². The first-order valence-electron chi connectivity index (χ1n) is 10.1. The minimum absolute atomic E-state index is 0.0234. The SMILES string of the molecule is Cc1cc(N2CCCOC[C@H]2c2cc(NC(=O)CC3COC3)ccc2Cl)nc(N)n1. The number of nitrogens with zero attached hydrogens (tertiary/aromatic N) is 3. The first-order valence-corrected chi connectivity index (χ1v) is 10.5. The Labute approximate surface area is 180 Å².